The van der Waals surface area contributed by atoms with Gasteiger partial charge in [-0.05, 0) is 32.3 Å². The molecule has 1 amide bonds. The van der Waals surface area contributed by atoms with Crippen molar-refractivity contribution in [2.45, 2.75) is 32.6 Å². The van der Waals surface area contributed by atoms with E-state index in [0.717, 1.165) is 5.75 Å². The molecule has 0 rings (SSSR count). The average molecular weight is 264 g/mol. The fraction of sp³-hybridized carbons (Fsp3) is 0.909. The molecule has 0 aliphatic carbocycles. The largest absolute Gasteiger partial charge is 0.351 e. The summed E-state index contributed by atoms with van der Waals surface area (Å²) in [5, 5.41) is 2.74. The quantitative estimate of drug-likeness (QED) is 0.565. The van der Waals surface area contributed by atoms with E-state index < -0.39 is 6.04 Å². The Morgan fingerprint density at radius 3 is 2.41 bits per heavy atom. The molecule has 5 nitrogen and oxygen atoms in total. The first-order valence-electron chi connectivity index (χ1n) is 5.91. The Morgan fingerprint density at radius 1 is 1.35 bits per heavy atom. The maximum atomic E-state index is 11.6. The Morgan fingerprint density at radius 2 is 1.94 bits per heavy atom. The van der Waals surface area contributed by atoms with E-state index >= 15 is 0 Å². The molecule has 0 aromatic heterocycles. The van der Waals surface area contributed by atoms with E-state index in [1.54, 1.807) is 11.8 Å². The monoisotopic (exact) mass is 264 g/mol. The van der Waals surface area contributed by atoms with E-state index in [9.17, 15) is 4.79 Å². The molecule has 1 atom stereocenters. The number of hydrogen-bond donors (Lipinski definition) is 2. The minimum Gasteiger partial charge on any atom is -0.351 e. The first kappa shape index (κ1) is 16.7. The summed E-state index contributed by atoms with van der Waals surface area (Å²) in [4.78, 5) is 11.6. The van der Waals surface area contributed by atoms with Crippen molar-refractivity contribution in [2.24, 2.45) is 5.73 Å². The van der Waals surface area contributed by atoms with Crippen LogP contribution in [0.1, 0.15) is 20.3 Å². The second kappa shape index (κ2) is 10.8. The van der Waals surface area contributed by atoms with Gasteiger partial charge >= 0.3 is 0 Å². The second-order valence-corrected chi connectivity index (χ2v) is 4.46. The standard InChI is InChI=1S/C11H24N2O3S/c1-4-15-10(16-5-2)8-13-11(14)9(12)6-7-17-3/h9-10H,4-8,12H2,1-3H3,(H,13,14)/t9-/m1/s1. The summed E-state index contributed by atoms with van der Waals surface area (Å²) in [6, 6.07) is -0.452. The number of carbonyl (C=O) groups excluding carboxylic acids is 1. The predicted octanol–water partition coefficient (Wildman–Crippen LogP) is 0.582. The second-order valence-electron chi connectivity index (χ2n) is 3.47. The summed E-state index contributed by atoms with van der Waals surface area (Å²) < 4.78 is 10.6. The number of nitrogens with two attached hydrogens (primary N) is 1. The van der Waals surface area contributed by atoms with Crippen LogP contribution in [0.2, 0.25) is 0 Å². The molecule has 0 saturated heterocycles. The number of thioether (sulfide) groups is 1. The Hall–Kier alpha value is -0.300. The van der Waals surface area contributed by atoms with Gasteiger partial charge in [-0.3, -0.25) is 4.79 Å². The summed E-state index contributed by atoms with van der Waals surface area (Å²) in [6.07, 6.45) is 2.29. The van der Waals surface area contributed by atoms with Crippen LogP contribution in [0.3, 0.4) is 0 Å². The predicted molar refractivity (Wildman–Crippen MR) is 71.0 cm³/mol. The van der Waals surface area contributed by atoms with Crippen molar-refractivity contribution >= 4 is 17.7 Å². The first-order chi connectivity index (χ1) is 8.15. The van der Waals surface area contributed by atoms with Gasteiger partial charge < -0.3 is 20.5 Å². The maximum absolute atomic E-state index is 11.6. The van der Waals surface area contributed by atoms with Gasteiger partial charge in [-0.2, -0.15) is 11.8 Å². The molecule has 17 heavy (non-hydrogen) atoms. The van der Waals surface area contributed by atoms with E-state index in [0.29, 0.717) is 26.2 Å². The lowest BCUT2D eigenvalue weighted by atomic mass is 10.2. The van der Waals surface area contributed by atoms with Crippen LogP contribution in [0.25, 0.3) is 0 Å². The normalized spacial score (nSPS) is 12.8. The highest BCUT2D eigenvalue weighted by molar-refractivity contribution is 7.98. The van der Waals surface area contributed by atoms with E-state index in [-0.39, 0.29) is 12.2 Å². The van der Waals surface area contributed by atoms with Crippen molar-refractivity contribution in [1.29, 1.82) is 0 Å². The number of ether oxygens (including phenoxy) is 2. The highest BCUT2D eigenvalue weighted by Crippen LogP contribution is 1.99. The van der Waals surface area contributed by atoms with Crippen LogP contribution in [0.15, 0.2) is 0 Å². The van der Waals surface area contributed by atoms with Gasteiger partial charge in [-0.15, -0.1) is 0 Å². The number of rotatable bonds is 10. The van der Waals surface area contributed by atoms with E-state index in [1.165, 1.54) is 0 Å². The molecular weight excluding hydrogens is 240 g/mol. The van der Waals surface area contributed by atoms with Crippen LogP contribution >= 0.6 is 11.8 Å². The minimum atomic E-state index is -0.452. The molecule has 0 aromatic rings. The van der Waals surface area contributed by atoms with Gasteiger partial charge in [0.25, 0.3) is 0 Å². The van der Waals surface area contributed by atoms with Crippen molar-refractivity contribution in [1.82, 2.24) is 5.32 Å². The molecule has 3 N–H and O–H groups in total. The Kier molecular flexibility index (Phi) is 10.6. The van der Waals surface area contributed by atoms with Crippen molar-refractivity contribution < 1.29 is 14.3 Å². The molecule has 0 fully saturated rings. The van der Waals surface area contributed by atoms with E-state index in [4.69, 9.17) is 15.2 Å². The van der Waals surface area contributed by atoms with Crippen LogP contribution in [0.5, 0.6) is 0 Å². The van der Waals surface area contributed by atoms with E-state index in [2.05, 4.69) is 5.32 Å². The first-order valence-corrected chi connectivity index (χ1v) is 7.30. The zero-order valence-corrected chi connectivity index (χ0v) is 11.7. The SMILES string of the molecule is CCOC(CNC(=O)[C@H](N)CCSC)OCC. The fourth-order valence-corrected chi connectivity index (χ4v) is 1.72. The van der Waals surface area contributed by atoms with Gasteiger partial charge in [0, 0.05) is 13.2 Å². The highest BCUT2D eigenvalue weighted by atomic mass is 32.2. The Balaban J connectivity index is 3.85. The van der Waals surface area contributed by atoms with Gasteiger partial charge in [0.05, 0.1) is 12.6 Å². The Labute approximate surface area is 108 Å². The van der Waals surface area contributed by atoms with Crippen LogP contribution in [0.4, 0.5) is 0 Å². The average Bonchev–Trinajstić information content (AvgIpc) is 2.33. The van der Waals surface area contributed by atoms with Gasteiger partial charge in [-0.25, -0.2) is 0 Å². The van der Waals surface area contributed by atoms with Gasteiger partial charge in [-0.1, -0.05) is 0 Å². The lowest BCUT2D eigenvalue weighted by molar-refractivity contribution is -0.141. The summed E-state index contributed by atoms with van der Waals surface area (Å²) in [7, 11) is 0. The molecule has 0 unspecified atom stereocenters. The summed E-state index contributed by atoms with van der Waals surface area (Å²) in [5.41, 5.74) is 5.73. The molecule has 0 saturated carbocycles. The lowest BCUT2D eigenvalue weighted by Crippen LogP contribution is -2.44. The van der Waals surface area contributed by atoms with Gasteiger partial charge in [0.1, 0.15) is 0 Å². The third-order valence-electron chi connectivity index (χ3n) is 2.12. The summed E-state index contributed by atoms with van der Waals surface area (Å²) in [5.74, 6) is 0.734. The van der Waals surface area contributed by atoms with Gasteiger partial charge in [0.15, 0.2) is 6.29 Å². The van der Waals surface area contributed by atoms with Crippen molar-refractivity contribution in [3.05, 3.63) is 0 Å². The molecular formula is C11H24N2O3S. The maximum Gasteiger partial charge on any atom is 0.237 e. The van der Waals surface area contributed by atoms with E-state index in [1.807, 2.05) is 20.1 Å². The molecule has 0 aliphatic heterocycles. The van der Waals surface area contributed by atoms with Crippen LogP contribution < -0.4 is 11.1 Å². The summed E-state index contributed by atoms with van der Waals surface area (Å²) in [6.45, 7) is 5.22. The molecule has 0 bridgehead atoms. The third-order valence-corrected chi connectivity index (χ3v) is 2.76. The van der Waals surface area contributed by atoms with Crippen molar-refractivity contribution in [3.8, 4) is 0 Å². The topological polar surface area (TPSA) is 73.6 Å². The lowest BCUT2D eigenvalue weighted by Gasteiger charge is -2.18. The zero-order chi connectivity index (χ0) is 13.1. The minimum absolute atomic E-state index is 0.150. The number of hydrogen-bond acceptors (Lipinski definition) is 5. The third kappa shape index (κ3) is 8.43. The molecule has 6 heteroatoms. The zero-order valence-electron chi connectivity index (χ0n) is 10.9. The Bertz CT molecular complexity index is 199. The van der Waals surface area contributed by atoms with Gasteiger partial charge in [0.2, 0.25) is 5.91 Å². The molecule has 102 valence electrons. The molecule has 0 aromatic carbocycles. The van der Waals surface area contributed by atoms with Crippen molar-refractivity contribution in [2.75, 3.05) is 31.8 Å². The smallest absolute Gasteiger partial charge is 0.237 e. The van der Waals surface area contributed by atoms with Crippen LogP contribution in [-0.4, -0.2) is 50.0 Å². The van der Waals surface area contributed by atoms with Crippen LogP contribution in [0, 0.1) is 0 Å². The molecule has 0 radical (unpaired) electrons. The fourth-order valence-electron chi connectivity index (χ4n) is 1.23. The van der Waals surface area contributed by atoms with Crippen LogP contribution in [-0.2, 0) is 14.3 Å². The molecule has 0 heterocycles. The molecule has 0 aliphatic rings. The number of amides is 1. The number of nitrogens with one attached hydrogen (secondary N) is 1. The van der Waals surface area contributed by atoms with Crippen molar-refractivity contribution in [3.63, 3.8) is 0 Å². The highest BCUT2D eigenvalue weighted by Gasteiger charge is 2.15. The molecule has 0 spiro atoms. The summed E-state index contributed by atoms with van der Waals surface area (Å²) >= 11 is 1.68. The number of carbonyl (C=O) groups is 1.